The minimum Gasteiger partial charge on any atom is -0.504 e. The Kier molecular flexibility index (Phi) is 3.09. The quantitative estimate of drug-likeness (QED) is 0.780. The first-order valence-electron chi connectivity index (χ1n) is 3.63. The Morgan fingerprint density at radius 3 is 2.40 bits per heavy atom. The normalized spacial score (nSPS) is 11.2. The second-order valence-electron chi connectivity index (χ2n) is 2.54. The number of hydrogen-bond donors (Lipinski definition) is 2. The van der Waals surface area contributed by atoms with Gasteiger partial charge in [-0.15, -0.1) is 13.2 Å². The molecule has 0 spiro atoms. The van der Waals surface area contributed by atoms with Crippen molar-refractivity contribution in [3.8, 4) is 11.5 Å². The smallest absolute Gasteiger partial charge is 0.504 e. The molecule has 0 aromatic heterocycles. The maximum absolute atomic E-state index is 11.8. The highest BCUT2D eigenvalue weighted by atomic mass is 35.5. The van der Waals surface area contributed by atoms with E-state index in [-0.39, 0.29) is 10.7 Å². The number of phenols is 1. The number of alkyl halides is 3. The van der Waals surface area contributed by atoms with Crippen LogP contribution in [0, 0.1) is 5.41 Å². The standard InChI is InChI=1S/C8H5ClF3NO2/c9-7(13)4-1-2-6(5(14)3-4)15-8(10,11)12/h1-3,13-14H. The summed E-state index contributed by atoms with van der Waals surface area (Å²) in [5.74, 6) is -1.46. The van der Waals surface area contributed by atoms with Crippen molar-refractivity contribution in [1.82, 2.24) is 0 Å². The fraction of sp³-hybridized carbons (Fsp3) is 0.125. The molecule has 1 rings (SSSR count). The van der Waals surface area contributed by atoms with Crippen molar-refractivity contribution in [2.45, 2.75) is 6.36 Å². The topological polar surface area (TPSA) is 53.3 Å². The van der Waals surface area contributed by atoms with Crippen LogP contribution in [0.15, 0.2) is 18.2 Å². The molecule has 0 radical (unpaired) electrons. The van der Waals surface area contributed by atoms with Crippen molar-refractivity contribution in [1.29, 1.82) is 5.41 Å². The molecule has 0 aliphatic rings. The van der Waals surface area contributed by atoms with Crippen LogP contribution >= 0.6 is 11.6 Å². The SMILES string of the molecule is N=C(Cl)c1ccc(OC(F)(F)F)c(O)c1. The maximum Gasteiger partial charge on any atom is 0.573 e. The van der Waals surface area contributed by atoms with Crippen LogP contribution in [0.2, 0.25) is 0 Å². The summed E-state index contributed by atoms with van der Waals surface area (Å²) in [4.78, 5) is 0. The van der Waals surface area contributed by atoms with E-state index in [0.717, 1.165) is 18.2 Å². The molecule has 0 amide bonds. The lowest BCUT2D eigenvalue weighted by atomic mass is 10.2. The van der Waals surface area contributed by atoms with Gasteiger partial charge in [0.05, 0.1) is 0 Å². The Hall–Kier alpha value is -1.43. The third kappa shape index (κ3) is 3.32. The van der Waals surface area contributed by atoms with Crippen molar-refractivity contribution in [2.75, 3.05) is 0 Å². The van der Waals surface area contributed by atoms with Crippen molar-refractivity contribution in [2.24, 2.45) is 0 Å². The van der Waals surface area contributed by atoms with Gasteiger partial charge in [-0.3, -0.25) is 5.41 Å². The van der Waals surface area contributed by atoms with Crippen LogP contribution in [-0.4, -0.2) is 16.6 Å². The minimum atomic E-state index is -4.87. The van der Waals surface area contributed by atoms with E-state index in [1.807, 2.05) is 0 Å². The van der Waals surface area contributed by atoms with E-state index in [4.69, 9.17) is 22.1 Å². The largest absolute Gasteiger partial charge is 0.573 e. The van der Waals surface area contributed by atoms with Crippen LogP contribution in [0.5, 0.6) is 11.5 Å². The van der Waals surface area contributed by atoms with Gasteiger partial charge >= 0.3 is 6.36 Å². The predicted molar refractivity (Wildman–Crippen MR) is 47.5 cm³/mol. The Balaban J connectivity index is 2.99. The number of phenolic OH excluding ortho intramolecular Hbond substituents is 1. The Bertz CT molecular complexity index is 392. The number of halogens is 4. The lowest BCUT2D eigenvalue weighted by Crippen LogP contribution is -2.17. The van der Waals surface area contributed by atoms with Gasteiger partial charge in [0.2, 0.25) is 0 Å². The summed E-state index contributed by atoms with van der Waals surface area (Å²) in [7, 11) is 0. The Labute approximate surface area is 87.6 Å². The third-order valence-electron chi connectivity index (χ3n) is 1.44. The van der Waals surface area contributed by atoms with Crippen molar-refractivity contribution >= 4 is 16.8 Å². The molecule has 1 aromatic carbocycles. The first-order chi connectivity index (χ1) is 6.79. The van der Waals surface area contributed by atoms with Crippen LogP contribution in [0.4, 0.5) is 13.2 Å². The molecule has 7 heteroatoms. The van der Waals surface area contributed by atoms with Crippen LogP contribution in [0.25, 0.3) is 0 Å². The summed E-state index contributed by atoms with van der Waals surface area (Å²) >= 11 is 5.27. The van der Waals surface area contributed by atoms with Crippen molar-refractivity contribution in [3.05, 3.63) is 23.8 Å². The molecular weight excluding hydrogens is 235 g/mol. The van der Waals surface area contributed by atoms with E-state index in [0.29, 0.717) is 0 Å². The average Bonchev–Trinajstić information content (AvgIpc) is 2.05. The molecule has 0 fully saturated rings. The zero-order valence-electron chi connectivity index (χ0n) is 7.10. The molecular formula is C8H5ClF3NO2. The van der Waals surface area contributed by atoms with Crippen LogP contribution < -0.4 is 4.74 Å². The molecule has 0 heterocycles. The van der Waals surface area contributed by atoms with Gasteiger partial charge in [-0.05, 0) is 18.2 Å². The maximum atomic E-state index is 11.8. The first kappa shape index (κ1) is 11.6. The molecule has 0 unspecified atom stereocenters. The van der Waals surface area contributed by atoms with Crippen molar-refractivity contribution in [3.63, 3.8) is 0 Å². The molecule has 3 nitrogen and oxygen atoms in total. The van der Waals surface area contributed by atoms with Gasteiger partial charge in [0, 0.05) is 5.56 Å². The fourth-order valence-corrected chi connectivity index (χ4v) is 0.982. The summed E-state index contributed by atoms with van der Waals surface area (Å²) in [5, 5.41) is 15.7. The molecule has 0 bridgehead atoms. The number of nitrogens with one attached hydrogen (secondary N) is 1. The number of hydrogen-bond acceptors (Lipinski definition) is 3. The third-order valence-corrected chi connectivity index (χ3v) is 1.66. The van der Waals surface area contributed by atoms with Crippen LogP contribution in [0.1, 0.15) is 5.56 Å². The molecule has 82 valence electrons. The van der Waals surface area contributed by atoms with Crippen molar-refractivity contribution < 1.29 is 23.0 Å². The predicted octanol–water partition coefficient (Wildman–Crippen LogP) is 2.85. The zero-order valence-corrected chi connectivity index (χ0v) is 7.86. The van der Waals surface area contributed by atoms with E-state index in [1.165, 1.54) is 0 Å². The molecule has 15 heavy (non-hydrogen) atoms. The zero-order chi connectivity index (χ0) is 11.6. The summed E-state index contributed by atoms with van der Waals surface area (Å²) in [6.45, 7) is 0. The minimum absolute atomic E-state index is 0.101. The van der Waals surface area contributed by atoms with E-state index in [1.54, 1.807) is 0 Å². The highest BCUT2D eigenvalue weighted by Crippen LogP contribution is 2.32. The summed E-state index contributed by atoms with van der Waals surface area (Å²) in [6, 6.07) is 2.93. The van der Waals surface area contributed by atoms with Crippen LogP contribution in [-0.2, 0) is 0 Å². The molecule has 0 aliphatic carbocycles. The Morgan fingerprint density at radius 2 is 2.00 bits per heavy atom. The fourth-order valence-electron chi connectivity index (χ4n) is 0.865. The van der Waals surface area contributed by atoms with Gasteiger partial charge in [0.15, 0.2) is 11.5 Å². The number of rotatable bonds is 2. The molecule has 2 N–H and O–H groups in total. The number of benzene rings is 1. The number of aromatic hydroxyl groups is 1. The van der Waals surface area contributed by atoms with Gasteiger partial charge < -0.3 is 9.84 Å². The summed E-state index contributed by atoms with van der Waals surface area (Å²) in [5.41, 5.74) is 0.101. The van der Waals surface area contributed by atoms with Gasteiger partial charge in [-0.2, -0.15) is 0 Å². The lowest BCUT2D eigenvalue weighted by molar-refractivity contribution is -0.275. The monoisotopic (exact) mass is 239 g/mol. The molecule has 1 aromatic rings. The molecule has 0 aliphatic heterocycles. The van der Waals surface area contributed by atoms with E-state index in [9.17, 15) is 13.2 Å². The lowest BCUT2D eigenvalue weighted by Gasteiger charge is -2.10. The number of ether oxygens (including phenoxy) is 1. The highest BCUT2D eigenvalue weighted by molar-refractivity contribution is 6.68. The molecule has 0 saturated heterocycles. The van der Waals surface area contributed by atoms with Gasteiger partial charge in [0.25, 0.3) is 0 Å². The van der Waals surface area contributed by atoms with E-state index >= 15 is 0 Å². The summed E-state index contributed by atoms with van der Waals surface area (Å²) in [6.07, 6.45) is -4.87. The summed E-state index contributed by atoms with van der Waals surface area (Å²) < 4.78 is 38.8. The van der Waals surface area contributed by atoms with Gasteiger partial charge in [-0.25, -0.2) is 0 Å². The first-order valence-corrected chi connectivity index (χ1v) is 4.00. The second kappa shape index (κ2) is 3.98. The molecule has 0 atom stereocenters. The second-order valence-corrected chi connectivity index (χ2v) is 2.92. The molecule has 0 saturated carbocycles. The van der Waals surface area contributed by atoms with Crippen LogP contribution in [0.3, 0.4) is 0 Å². The average molecular weight is 240 g/mol. The van der Waals surface area contributed by atoms with E-state index in [2.05, 4.69) is 4.74 Å². The van der Waals surface area contributed by atoms with E-state index < -0.39 is 17.9 Å². The van der Waals surface area contributed by atoms with Gasteiger partial charge in [0.1, 0.15) is 5.17 Å². The highest BCUT2D eigenvalue weighted by Gasteiger charge is 2.32. The van der Waals surface area contributed by atoms with Gasteiger partial charge in [-0.1, -0.05) is 11.6 Å². The Morgan fingerprint density at radius 1 is 1.40 bits per heavy atom.